The molecule has 0 fully saturated rings. The lowest BCUT2D eigenvalue weighted by molar-refractivity contribution is 0.811. The lowest BCUT2D eigenvalue weighted by atomic mass is 10.1. The summed E-state index contributed by atoms with van der Waals surface area (Å²) in [5.41, 5.74) is 8.30. The largest absolute Gasteiger partial charge is 0.324 e. The van der Waals surface area contributed by atoms with Crippen molar-refractivity contribution in [2.45, 2.75) is 23.6 Å². The molecule has 1 atom stereocenters. The molecule has 0 amide bonds. The van der Waals surface area contributed by atoms with Gasteiger partial charge in [-0.25, -0.2) is 0 Å². The first-order valence-corrected chi connectivity index (χ1v) is 8.14. The van der Waals surface area contributed by atoms with Crippen molar-refractivity contribution in [2.75, 3.05) is 0 Å². The maximum Gasteiger partial charge on any atom is 0.0406 e. The molecule has 100 valence electrons. The summed E-state index contributed by atoms with van der Waals surface area (Å²) in [6.45, 7) is 1.99. The number of hydrogen-bond acceptors (Lipinski definition) is 2. The van der Waals surface area contributed by atoms with Crippen molar-refractivity contribution < 1.29 is 0 Å². The first-order valence-electron chi connectivity index (χ1n) is 5.98. The summed E-state index contributed by atoms with van der Waals surface area (Å²) in [6, 6.07) is 14.3. The van der Waals surface area contributed by atoms with Crippen LogP contribution in [0.2, 0.25) is 5.02 Å². The van der Waals surface area contributed by atoms with Crippen LogP contribution in [-0.2, 0) is 5.75 Å². The van der Waals surface area contributed by atoms with Gasteiger partial charge in [0.05, 0.1) is 0 Å². The molecular formula is C15H15BrClNS. The zero-order chi connectivity index (χ0) is 13.8. The fraction of sp³-hybridized carbons (Fsp3) is 0.200. The summed E-state index contributed by atoms with van der Waals surface area (Å²) in [6.07, 6.45) is 0. The van der Waals surface area contributed by atoms with Crippen LogP contribution in [0.15, 0.2) is 51.8 Å². The van der Waals surface area contributed by atoms with Crippen LogP contribution in [0.25, 0.3) is 0 Å². The number of halogens is 2. The van der Waals surface area contributed by atoms with E-state index in [1.54, 1.807) is 11.8 Å². The molecule has 0 heterocycles. The highest BCUT2D eigenvalue weighted by atomic mass is 79.9. The molecule has 2 N–H and O–H groups in total. The van der Waals surface area contributed by atoms with Crippen molar-refractivity contribution in [3.05, 3.63) is 63.1 Å². The number of hydrogen-bond donors (Lipinski definition) is 1. The monoisotopic (exact) mass is 355 g/mol. The molecule has 0 aliphatic heterocycles. The maximum atomic E-state index is 5.89. The third kappa shape index (κ3) is 4.25. The van der Waals surface area contributed by atoms with E-state index in [2.05, 4.69) is 46.3 Å². The van der Waals surface area contributed by atoms with Crippen molar-refractivity contribution in [3.8, 4) is 0 Å². The van der Waals surface area contributed by atoms with Gasteiger partial charge < -0.3 is 5.73 Å². The van der Waals surface area contributed by atoms with Crippen LogP contribution in [0.1, 0.15) is 24.1 Å². The Morgan fingerprint density at radius 3 is 2.47 bits per heavy atom. The van der Waals surface area contributed by atoms with Crippen LogP contribution < -0.4 is 5.73 Å². The second-order valence-corrected chi connectivity index (χ2v) is 6.73. The fourth-order valence-electron chi connectivity index (χ4n) is 1.71. The average molecular weight is 357 g/mol. The number of thioether (sulfide) groups is 1. The molecule has 0 aliphatic rings. The standard InChI is InChI=1S/C15H15BrClNS/c1-10(18)14-7-6-13(8-15(14)16)19-9-11-2-4-12(17)5-3-11/h2-8,10H,9,18H2,1H3/t10-/m0/s1. The van der Waals surface area contributed by atoms with Gasteiger partial charge in [0.1, 0.15) is 0 Å². The van der Waals surface area contributed by atoms with E-state index in [9.17, 15) is 0 Å². The summed E-state index contributed by atoms with van der Waals surface area (Å²) in [4.78, 5) is 1.23. The normalized spacial score (nSPS) is 12.4. The van der Waals surface area contributed by atoms with Crippen LogP contribution in [0, 0.1) is 0 Å². The van der Waals surface area contributed by atoms with Gasteiger partial charge in [0.25, 0.3) is 0 Å². The van der Waals surface area contributed by atoms with Crippen molar-refractivity contribution in [3.63, 3.8) is 0 Å². The predicted octanol–water partition coefficient (Wildman–Crippen LogP) is 5.41. The van der Waals surface area contributed by atoms with Gasteiger partial charge in [0, 0.05) is 26.2 Å². The van der Waals surface area contributed by atoms with Crippen LogP contribution in [-0.4, -0.2) is 0 Å². The van der Waals surface area contributed by atoms with E-state index in [-0.39, 0.29) is 6.04 Å². The third-order valence-electron chi connectivity index (χ3n) is 2.78. The van der Waals surface area contributed by atoms with Gasteiger partial charge in [-0.1, -0.05) is 45.7 Å². The van der Waals surface area contributed by atoms with E-state index in [1.807, 2.05) is 19.1 Å². The molecule has 0 spiro atoms. The molecule has 0 aromatic heterocycles. The topological polar surface area (TPSA) is 26.0 Å². The van der Waals surface area contributed by atoms with Gasteiger partial charge >= 0.3 is 0 Å². The van der Waals surface area contributed by atoms with Crippen molar-refractivity contribution in [1.82, 2.24) is 0 Å². The minimum atomic E-state index is 0.0460. The Morgan fingerprint density at radius 1 is 1.21 bits per heavy atom. The molecule has 0 bridgehead atoms. The van der Waals surface area contributed by atoms with Crippen molar-refractivity contribution in [1.29, 1.82) is 0 Å². The van der Waals surface area contributed by atoms with E-state index in [1.165, 1.54) is 10.5 Å². The van der Waals surface area contributed by atoms with Gasteiger partial charge in [-0.15, -0.1) is 11.8 Å². The van der Waals surface area contributed by atoms with Gasteiger partial charge in [-0.2, -0.15) is 0 Å². The summed E-state index contributed by atoms with van der Waals surface area (Å²) in [5, 5.41) is 0.776. The van der Waals surface area contributed by atoms with Crippen molar-refractivity contribution >= 4 is 39.3 Å². The number of nitrogens with two attached hydrogens (primary N) is 1. The van der Waals surface area contributed by atoms with Crippen LogP contribution >= 0.6 is 39.3 Å². The summed E-state index contributed by atoms with van der Waals surface area (Å²) in [7, 11) is 0. The summed E-state index contributed by atoms with van der Waals surface area (Å²) < 4.78 is 1.07. The van der Waals surface area contributed by atoms with E-state index in [4.69, 9.17) is 17.3 Å². The third-order valence-corrected chi connectivity index (χ3v) is 4.78. The molecular weight excluding hydrogens is 342 g/mol. The zero-order valence-electron chi connectivity index (χ0n) is 10.6. The SMILES string of the molecule is C[C@H](N)c1ccc(SCc2ccc(Cl)cc2)cc1Br. The first-order chi connectivity index (χ1) is 9.06. The quantitative estimate of drug-likeness (QED) is 0.741. The molecule has 2 aromatic rings. The second-order valence-electron chi connectivity index (χ2n) is 4.39. The zero-order valence-corrected chi connectivity index (χ0v) is 13.7. The Labute approximate surface area is 131 Å². The molecule has 0 saturated heterocycles. The molecule has 1 nitrogen and oxygen atoms in total. The Balaban J connectivity index is 2.04. The molecule has 0 radical (unpaired) electrons. The van der Waals surface area contributed by atoms with Gasteiger partial charge in [-0.05, 0) is 42.3 Å². The van der Waals surface area contributed by atoms with E-state index >= 15 is 0 Å². The lowest BCUT2D eigenvalue weighted by Gasteiger charge is -2.10. The Hall–Kier alpha value is -0.480. The van der Waals surface area contributed by atoms with Crippen LogP contribution in [0.3, 0.4) is 0 Å². The highest BCUT2D eigenvalue weighted by Crippen LogP contribution is 2.30. The van der Waals surface area contributed by atoms with Gasteiger partial charge in [0.15, 0.2) is 0 Å². The molecule has 0 saturated carbocycles. The fourth-order valence-corrected chi connectivity index (χ4v) is 3.62. The van der Waals surface area contributed by atoms with Gasteiger partial charge in [0.2, 0.25) is 0 Å². The highest BCUT2D eigenvalue weighted by molar-refractivity contribution is 9.10. The lowest BCUT2D eigenvalue weighted by Crippen LogP contribution is -2.05. The second kappa shape index (κ2) is 6.80. The first kappa shape index (κ1) is 14.9. The molecule has 0 aliphatic carbocycles. The summed E-state index contributed by atoms with van der Waals surface area (Å²) in [5.74, 6) is 0.932. The van der Waals surface area contributed by atoms with Crippen molar-refractivity contribution in [2.24, 2.45) is 5.73 Å². The molecule has 2 rings (SSSR count). The number of rotatable bonds is 4. The number of benzene rings is 2. The average Bonchev–Trinajstić information content (AvgIpc) is 2.37. The van der Waals surface area contributed by atoms with E-state index in [0.717, 1.165) is 20.8 Å². The van der Waals surface area contributed by atoms with E-state index in [0.29, 0.717) is 0 Å². The van der Waals surface area contributed by atoms with E-state index < -0.39 is 0 Å². The summed E-state index contributed by atoms with van der Waals surface area (Å²) >= 11 is 11.2. The minimum absolute atomic E-state index is 0.0460. The van der Waals surface area contributed by atoms with Gasteiger partial charge in [-0.3, -0.25) is 0 Å². The minimum Gasteiger partial charge on any atom is -0.324 e. The predicted molar refractivity (Wildman–Crippen MR) is 87.8 cm³/mol. The Kier molecular flexibility index (Phi) is 5.34. The molecule has 4 heteroatoms. The smallest absolute Gasteiger partial charge is 0.0406 e. The molecule has 2 aromatic carbocycles. The Bertz CT molecular complexity index is 555. The molecule has 0 unspecified atom stereocenters. The molecule has 19 heavy (non-hydrogen) atoms. The van der Waals surface area contributed by atoms with Crippen LogP contribution in [0.4, 0.5) is 0 Å². The maximum absolute atomic E-state index is 5.89. The van der Waals surface area contributed by atoms with Crippen LogP contribution in [0.5, 0.6) is 0 Å². The Morgan fingerprint density at radius 2 is 1.89 bits per heavy atom. The highest BCUT2D eigenvalue weighted by Gasteiger charge is 2.06.